The lowest BCUT2D eigenvalue weighted by atomic mass is 9.84. The Morgan fingerprint density at radius 1 is 0.649 bits per heavy atom. The van der Waals surface area contributed by atoms with E-state index in [2.05, 4.69) is 46.9 Å². The normalized spacial score (nSPS) is 27.9. The quantitative estimate of drug-likeness (QED) is 0.0280. The van der Waals surface area contributed by atoms with E-state index in [4.69, 9.17) is 40.1 Å². The fourth-order valence-electron chi connectivity index (χ4n) is 15.8. The first-order chi connectivity index (χ1) is 45.1. The van der Waals surface area contributed by atoms with Crippen molar-refractivity contribution in [2.45, 2.75) is 214 Å². The second-order valence-electron chi connectivity index (χ2n) is 26.7. The maximum atomic E-state index is 15.7. The van der Waals surface area contributed by atoms with Crippen molar-refractivity contribution in [2.24, 2.45) is 72.9 Å². The largest absolute Gasteiger partial charge is 0.391 e. The van der Waals surface area contributed by atoms with Crippen LogP contribution in [0.2, 0.25) is 0 Å². The second kappa shape index (κ2) is 32.2. The number of hydrogen-bond acceptors (Lipinski definition) is 15. The highest BCUT2D eigenvalue weighted by molar-refractivity contribution is 5.99. The van der Waals surface area contributed by atoms with Gasteiger partial charge in [0.1, 0.15) is 48.3 Å². The molecule has 0 radical (unpaired) electrons. The number of hydrogen-bond donors (Lipinski definition) is 14. The van der Waals surface area contributed by atoms with Gasteiger partial charge < -0.3 is 96.7 Å². The molecule has 94 heavy (non-hydrogen) atoms. The van der Waals surface area contributed by atoms with Crippen LogP contribution in [0.15, 0.2) is 39.2 Å². The highest BCUT2D eigenvalue weighted by atomic mass is 16.3. The number of aliphatic imine (C=N–C) groups is 3. The first-order valence-corrected chi connectivity index (χ1v) is 33.8. The van der Waals surface area contributed by atoms with Gasteiger partial charge >= 0.3 is 0 Å². The van der Waals surface area contributed by atoms with Crippen LogP contribution in [0, 0.1) is 17.8 Å². The zero-order valence-electron chi connectivity index (χ0n) is 53.7. The Labute approximate surface area is 547 Å². The van der Waals surface area contributed by atoms with Crippen LogP contribution in [-0.4, -0.2) is 220 Å². The average Bonchev–Trinajstić information content (AvgIpc) is 1.59. The van der Waals surface area contributed by atoms with Gasteiger partial charge in [-0.2, -0.15) is 0 Å². The van der Waals surface area contributed by atoms with Crippen LogP contribution in [0.3, 0.4) is 0 Å². The summed E-state index contributed by atoms with van der Waals surface area (Å²) in [5.41, 5.74) is 41.2. The molecule has 8 aliphatic rings. The fourth-order valence-corrected chi connectivity index (χ4v) is 15.8. The van der Waals surface area contributed by atoms with Crippen molar-refractivity contribution < 1.29 is 53.1 Å². The smallest absolute Gasteiger partial charge is 0.246 e. The van der Waals surface area contributed by atoms with Crippen molar-refractivity contribution in [2.75, 3.05) is 45.8 Å². The minimum Gasteiger partial charge on any atom is -0.391 e. The summed E-state index contributed by atoms with van der Waals surface area (Å²) >= 11 is 0. The van der Waals surface area contributed by atoms with Crippen molar-refractivity contribution in [3.63, 3.8) is 0 Å². The van der Waals surface area contributed by atoms with E-state index in [-0.39, 0.29) is 132 Å². The zero-order valence-corrected chi connectivity index (χ0v) is 53.7. The van der Waals surface area contributed by atoms with Gasteiger partial charge in [0.15, 0.2) is 17.9 Å². The molecule has 5 heterocycles. The van der Waals surface area contributed by atoms with Gasteiger partial charge in [0.25, 0.3) is 0 Å². The minimum absolute atomic E-state index is 0.00690. The second-order valence-corrected chi connectivity index (χ2v) is 26.7. The molecule has 0 aromatic heterocycles. The van der Waals surface area contributed by atoms with Crippen molar-refractivity contribution in [1.29, 1.82) is 0 Å². The lowest BCUT2D eigenvalue weighted by Gasteiger charge is -2.40. The van der Waals surface area contributed by atoms with Crippen LogP contribution in [-0.2, 0) is 60.8 Å². The molecule has 10 amide bonds. The van der Waals surface area contributed by atoms with Crippen LogP contribution >= 0.6 is 0 Å². The number of guanidine groups is 3. The molecule has 0 spiro atoms. The number of likely N-dealkylation sites (tertiary alicyclic amines) is 2. The first kappa shape index (κ1) is 70.0. The summed E-state index contributed by atoms with van der Waals surface area (Å²) in [4.78, 5) is 164. The van der Waals surface area contributed by atoms with E-state index in [0.717, 1.165) is 49.7 Å². The molecule has 21 N–H and O–H groups in total. The number of amides is 10. The molecule has 1 aromatic rings. The number of nitrogens with two attached hydrogens (primary N) is 7. The van der Waals surface area contributed by atoms with E-state index < -0.39 is 126 Å². The average molecular weight is 1310 g/mol. The SMILES string of the molecule is NC(N)=NCCC[C@@H](N)C(=O)N[C@@H](CCCN=C(N)N)C(=O)N1CCC[C@H]1C(=O)N1C[C@H](O)C[C@H]1C(=O)NCC(=O)N[C@H](C(=O)N[C@H]1CCNC(=O)[C@H](CCCN=C(N)N)NC(=O)[C@@H]2CC3CCCCC3N2C(=O)[C@H]2C[C@@H]3CCCC[C@@H]3N2C1=O)C1Cc2ccccc2C1. The molecule has 2 unspecified atom stereocenters. The van der Waals surface area contributed by atoms with Crippen LogP contribution in [0.1, 0.15) is 140 Å². The summed E-state index contributed by atoms with van der Waals surface area (Å²) in [6, 6.07) is -2.88. The van der Waals surface area contributed by atoms with Gasteiger partial charge in [0, 0.05) is 57.8 Å². The number of nitrogens with one attached hydrogen (secondary N) is 6. The molecule has 516 valence electrons. The molecule has 31 heteroatoms. The predicted octanol–water partition coefficient (Wildman–Crippen LogP) is -4.26. The number of carbonyl (C=O) groups excluding carboxylic acids is 10. The van der Waals surface area contributed by atoms with Crippen LogP contribution < -0.4 is 72.0 Å². The number of β-amino-alcohol motifs (C(OH)–C–C–N with tert-alkyl or cyclic N) is 1. The highest BCUT2D eigenvalue weighted by Crippen LogP contribution is 2.45. The summed E-state index contributed by atoms with van der Waals surface area (Å²) in [5.74, 6) is -6.72. The summed E-state index contributed by atoms with van der Waals surface area (Å²) in [6.07, 6.45) is 8.66. The third-order valence-electron chi connectivity index (χ3n) is 20.3. The number of rotatable bonds is 23. The van der Waals surface area contributed by atoms with E-state index in [0.29, 0.717) is 57.8 Å². The Balaban J connectivity index is 0.915. The van der Waals surface area contributed by atoms with Gasteiger partial charge in [0.05, 0.1) is 18.7 Å². The van der Waals surface area contributed by atoms with E-state index in [1.807, 2.05) is 24.3 Å². The molecule has 9 rings (SSSR count). The molecule has 7 fully saturated rings. The minimum atomic E-state index is -1.30. The third kappa shape index (κ3) is 17.1. The maximum Gasteiger partial charge on any atom is 0.246 e. The molecular formula is C63H98N20O11. The maximum absolute atomic E-state index is 15.7. The molecule has 0 bridgehead atoms. The molecule has 31 nitrogen and oxygen atoms in total. The van der Waals surface area contributed by atoms with Crippen LogP contribution in [0.25, 0.3) is 0 Å². The van der Waals surface area contributed by atoms with E-state index in [9.17, 15) is 38.7 Å². The monoisotopic (exact) mass is 1310 g/mol. The Hall–Kier alpha value is -8.35. The standard InChI is InChI=1S/C63H98N20O11/c64-40(15-7-22-72-61(65)66)52(86)77-42(17-9-24-74-63(69)70)57(91)80-26-10-20-46(80)59(93)81-33-39(84)31-47(81)54(88)75-32-50(85)79-51(38-27-34-11-1-2-12-35(34)28-38)56(90)78-43-21-25-71-53(87)41(16-8-23-73-62(67)68)76-55(89)48-29-36-13-3-5-18-44(36)82(48)60(94)49-30-37-14-4-6-19-45(37)83(49)58(43)92/h1-2,11-12,36-49,51,84H,3-10,13-33,64H2,(H,71,87)(H,75,88)(H,76,89)(H,77,86)(H,78,90)(H,79,85)(H4,65,66,72)(H4,67,68,73)(H4,69,70,74)/t36?,37-,39+,40+,41-,42-,43-,44?,45-,46-,47-,48-,49+,51-/m0/s1. The van der Waals surface area contributed by atoms with Crippen molar-refractivity contribution in [3.8, 4) is 0 Å². The Morgan fingerprint density at radius 3 is 1.88 bits per heavy atom. The molecule has 14 atom stereocenters. The van der Waals surface area contributed by atoms with Crippen molar-refractivity contribution in [3.05, 3.63) is 35.4 Å². The van der Waals surface area contributed by atoms with E-state index in [1.165, 1.54) is 9.80 Å². The number of carbonyl (C=O) groups is 10. The number of aliphatic hydroxyl groups excluding tert-OH is 1. The number of fused-ring (bicyclic) bond motifs is 7. The summed E-state index contributed by atoms with van der Waals surface area (Å²) < 4.78 is 0. The third-order valence-corrected chi connectivity index (χ3v) is 20.3. The van der Waals surface area contributed by atoms with Gasteiger partial charge in [-0.25, -0.2) is 0 Å². The van der Waals surface area contributed by atoms with Crippen molar-refractivity contribution >= 4 is 77.0 Å². The zero-order chi connectivity index (χ0) is 67.3. The molecule has 5 aliphatic heterocycles. The van der Waals surface area contributed by atoms with Gasteiger partial charge in [-0.1, -0.05) is 49.9 Å². The summed E-state index contributed by atoms with van der Waals surface area (Å²) in [6.45, 7) is -0.343. The summed E-state index contributed by atoms with van der Waals surface area (Å²) in [7, 11) is 0. The van der Waals surface area contributed by atoms with Gasteiger partial charge in [0.2, 0.25) is 59.1 Å². The fraction of sp³-hybridized carbons (Fsp3) is 0.698. The van der Waals surface area contributed by atoms with Gasteiger partial charge in [-0.3, -0.25) is 62.9 Å². The van der Waals surface area contributed by atoms with E-state index in [1.54, 1.807) is 9.80 Å². The molecule has 3 aliphatic carbocycles. The lowest BCUT2D eigenvalue weighted by molar-refractivity contribution is -0.152. The summed E-state index contributed by atoms with van der Waals surface area (Å²) in [5, 5.41) is 28.2. The van der Waals surface area contributed by atoms with Crippen LogP contribution in [0.5, 0.6) is 0 Å². The molecule has 5 saturated heterocycles. The molecule has 1 aromatic carbocycles. The number of aliphatic hydroxyl groups is 1. The molecule has 2 saturated carbocycles. The predicted molar refractivity (Wildman–Crippen MR) is 346 cm³/mol. The Bertz CT molecular complexity index is 3020. The van der Waals surface area contributed by atoms with Crippen molar-refractivity contribution in [1.82, 2.24) is 51.5 Å². The topological polar surface area (TPSA) is 495 Å². The highest BCUT2D eigenvalue weighted by Gasteiger charge is 2.56. The van der Waals surface area contributed by atoms with E-state index >= 15 is 14.4 Å². The number of benzene rings is 1. The first-order valence-electron chi connectivity index (χ1n) is 33.8. The molecular weight excluding hydrogens is 1210 g/mol. The lowest BCUT2D eigenvalue weighted by Crippen LogP contribution is -2.62. The van der Waals surface area contributed by atoms with Gasteiger partial charge in [-0.05, 0) is 138 Å². The number of nitrogens with zero attached hydrogens (tertiary/aromatic N) is 7. The van der Waals surface area contributed by atoms with Crippen LogP contribution in [0.4, 0.5) is 0 Å². The Morgan fingerprint density at radius 2 is 1.24 bits per heavy atom. The van der Waals surface area contributed by atoms with Gasteiger partial charge in [-0.15, -0.1) is 0 Å². The Kier molecular flexibility index (Phi) is 24.0.